The predicted octanol–water partition coefficient (Wildman–Crippen LogP) is 6.63. The molecule has 0 aliphatic carbocycles. The lowest BCUT2D eigenvalue weighted by molar-refractivity contribution is 0.411. The molecule has 27 heavy (non-hydrogen) atoms. The van der Waals surface area contributed by atoms with Crippen LogP contribution in [0.15, 0.2) is 54.0 Å². The molecule has 0 aliphatic heterocycles. The van der Waals surface area contributed by atoms with Crippen molar-refractivity contribution in [3.63, 3.8) is 0 Å². The summed E-state index contributed by atoms with van der Waals surface area (Å²) in [7, 11) is 0. The van der Waals surface area contributed by atoms with E-state index in [2.05, 4.69) is 74.2 Å². The normalized spacial score (nSPS) is 12.1. The van der Waals surface area contributed by atoms with Gasteiger partial charge in [-0.2, -0.15) is 4.98 Å². The highest BCUT2D eigenvalue weighted by molar-refractivity contribution is 6.16. The molecule has 3 nitrogen and oxygen atoms in total. The Balaban J connectivity index is 2.01. The Morgan fingerprint density at radius 1 is 1.11 bits per heavy atom. The molecule has 0 bridgehead atoms. The fourth-order valence-corrected chi connectivity index (χ4v) is 3.67. The van der Waals surface area contributed by atoms with Gasteiger partial charge in [0.05, 0.1) is 11.1 Å². The first-order valence-electron chi connectivity index (χ1n) is 9.21. The predicted molar refractivity (Wildman–Crippen MR) is 114 cm³/mol. The van der Waals surface area contributed by atoms with Crippen molar-refractivity contribution in [1.82, 2.24) is 9.97 Å². The number of benzene rings is 2. The highest BCUT2D eigenvalue weighted by Crippen LogP contribution is 2.37. The Morgan fingerprint density at radius 3 is 2.56 bits per heavy atom. The maximum atomic E-state index is 6.20. The molecule has 136 valence electrons. The van der Waals surface area contributed by atoms with Crippen molar-refractivity contribution in [2.45, 2.75) is 34.1 Å². The molecule has 0 saturated carbocycles. The monoisotopic (exact) mass is 356 g/mol. The number of rotatable bonds is 3. The summed E-state index contributed by atoms with van der Waals surface area (Å²) in [4.78, 5) is 9.10. The molecule has 2 heterocycles. The summed E-state index contributed by atoms with van der Waals surface area (Å²) in [5, 5.41) is 4.19. The Hall–Kier alpha value is -2.94. The van der Waals surface area contributed by atoms with Crippen molar-refractivity contribution in [1.29, 1.82) is 0 Å². The summed E-state index contributed by atoms with van der Waals surface area (Å²) < 4.78 is 6.20. The van der Waals surface area contributed by atoms with Crippen LogP contribution in [-0.4, -0.2) is 9.97 Å². The van der Waals surface area contributed by atoms with Crippen LogP contribution < -0.4 is 0 Å². The number of fused-ring (bicyclic) bond motifs is 5. The van der Waals surface area contributed by atoms with Gasteiger partial charge in [-0.15, -0.1) is 0 Å². The SMILES string of the molecule is C=CC(=C)c1nc(C)nc2oc3c4ccc(CC(C)(C)C)cc4ccc3c12. The van der Waals surface area contributed by atoms with Gasteiger partial charge >= 0.3 is 0 Å². The summed E-state index contributed by atoms with van der Waals surface area (Å²) >= 11 is 0. The molecular formula is C24H24N2O. The van der Waals surface area contributed by atoms with Crippen LogP contribution in [0.1, 0.15) is 37.9 Å². The van der Waals surface area contributed by atoms with Gasteiger partial charge in [0.15, 0.2) is 0 Å². The van der Waals surface area contributed by atoms with Crippen molar-refractivity contribution in [2.75, 3.05) is 0 Å². The third-order valence-corrected chi connectivity index (χ3v) is 4.78. The lowest BCUT2D eigenvalue weighted by atomic mass is 9.87. The largest absolute Gasteiger partial charge is 0.437 e. The fraction of sp³-hybridized carbons (Fsp3) is 0.250. The highest BCUT2D eigenvalue weighted by Gasteiger charge is 2.18. The summed E-state index contributed by atoms with van der Waals surface area (Å²) in [5.74, 6) is 0.663. The summed E-state index contributed by atoms with van der Waals surface area (Å²) in [6, 6.07) is 10.9. The Morgan fingerprint density at radius 2 is 1.85 bits per heavy atom. The first kappa shape index (κ1) is 17.5. The van der Waals surface area contributed by atoms with Gasteiger partial charge < -0.3 is 4.42 Å². The van der Waals surface area contributed by atoms with Gasteiger partial charge in [-0.3, -0.25) is 0 Å². The van der Waals surface area contributed by atoms with Crippen LogP contribution in [0.3, 0.4) is 0 Å². The average Bonchev–Trinajstić information content (AvgIpc) is 2.97. The van der Waals surface area contributed by atoms with Gasteiger partial charge in [0, 0.05) is 10.8 Å². The number of hydrogen-bond donors (Lipinski definition) is 0. The molecule has 4 aromatic rings. The first-order chi connectivity index (χ1) is 12.8. The Bertz CT molecular complexity index is 1220. The van der Waals surface area contributed by atoms with Gasteiger partial charge in [-0.25, -0.2) is 4.98 Å². The molecule has 0 aliphatic rings. The molecule has 2 aromatic carbocycles. The zero-order valence-electron chi connectivity index (χ0n) is 16.4. The Labute approximate surface area is 159 Å². The van der Waals surface area contributed by atoms with Crippen LogP contribution in [0.5, 0.6) is 0 Å². The molecule has 0 radical (unpaired) electrons. The number of furan rings is 1. The fourth-order valence-electron chi connectivity index (χ4n) is 3.67. The molecule has 0 N–H and O–H groups in total. The second-order valence-corrected chi connectivity index (χ2v) is 8.37. The molecule has 3 heteroatoms. The molecule has 0 amide bonds. The summed E-state index contributed by atoms with van der Waals surface area (Å²) in [6.07, 6.45) is 2.76. The lowest BCUT2D eigenvalue weighted by Crippen LogP contribution is -2.08. The molecule has 2 aromatic heterocycles. The van der Waals surface area contributed by atoms with E-state index < -0.39 is 0 Å². The van der Waals surface area contributed by atoms with Gasteiger partial charge in [-0.05, 0) is 41.3 Å². The second kappa shape index (κ2) is 6.05. The third-order valence-electron chi connectivity index (χ3n) is 4.78. The molecule has 4 rings (SSSR count). The van der Waals surface area contributed by atoms with Crippen LogP contribution in [0, 0.1) is 12.3 Å². The zero-order chi connectivity index (χ0) is 19.3. The number of allylic oxidation sites excluding steroid dienone is 2. The van der Waals surface area contributed by atoms with Gasteiger partial charge in [0.2, 0.25) is 5.71 Å². The zero-order valence-corrected chi connectivity index (χ0v) is 16.4. The van der Waals surface area contributed by atoms with Gasteiger partial charge in [-0.1, -0.05) is 64.3 Å². The van der Waals surface area contributed by atoms with E-state index in [1.165, 1.54) is 10.9 Å². The van der Waals surface area contributed by atoms with E-state index in [1.807, 2.05) is 6.92 Å². The maximum Gasteiger partial charge on any atom is 0.231 e. The van der Waals surface area contributed by atoms with Crippen molar-refractivity contribution in [3.8, 4) is 0 Å². The summed E-state index contributed by atoms with van der Waals surface area (Å²) in [6.45, 7) is 16.6. The highest BCUT2D eigenvalue weighted by atomic mass is 16.3. The minimum absolute atomic E-state index is 0.254. The quantitative estimate of drug-likeness (QED) is 0.387. The Kier molecular flexibility index (Phi) is 3.92. The van der Waals surface area contributed by atoms with E-state index in [0.29, 0.717) is 11.5 Å². The molecular weight excluding hydrogens is 332 g/mol. The van der Waals surface area contributed by atoms with Crippen LogP contribution in [-0.2, 0) is 6.42 Å². The molecule has 0 spiro atoms. The third kappa shape index (κ3) is 3.03. The smallest absolute Gasteiger partial charge is 0.231 e. The molecule has 0 unspecified atom stereocenters. The standard InChI is InChI=1S/C24H24N2O/c1-7-14(2)21-20-19-11-9-17-12-16(13-24(4,5)6)8-10-18(17)22(19)27-23(20)26-15(3)25-21/h7-12H,1-2,13H2,3-6H3. The minimum atomic E-state index is 0.254. The second-order valence-electron chi connectivity index (χ2n) is 8.37. The van der Waals surface area contributed by atoms with Crippen LogP contribution >= 0.6 is 0 Å². The van der Waals surface area contributed by atoms with E-state index in [0.717, 1.165) is 39.4 Å². The van der Waals surface area contributed by atoms with Crippen LogP contribution in [0.25, 0.3) is 38.4 Å². The number of hydrogen-bond acceptors (Lipinski definition) is 3. The van der Waals surface area contributed by atoms with Crippen LogP contribution in [0.4, 0.5) is 0 Å². The van der Waals surface area contributed by atoms with Crippen LogP contribution in [0.2, 0.25) is 0 Å². The summed E-state index contributed by atoms with van der Waals surface area (Å²) in [5.41, 5.74) is 4.60. The number of aryl methyl sites for hydroxylation is 1. The van der Waals surface area contributed by atoms with Gasteiger partial charge in [0.25, 0.3) is 0 Å². The lowest BCUT2D eigenvalue weighted by Gasteiger charge is -2.18. The maximum absolute atomic E-state index is 6.20. The van der Waals surface area contributed by atoms with Crippen molar-refractivity contribution < 1.29 is 4.42 Å². The first-order valence-corrected chi connectivity index (χ1v) is 9.21. The number of aromatic nitrogens is 2. The molecule has 0 saturated heterocycles. The average molecular weight is 356 g/mol. The van der Waals surface area contributed by atoms with E-state index >= 15 is 0 Å². The van der Waals surface area contributed by atoms with Crippen molar-refractivity contribution >= 4 is 38.4 Å². The van der Waals surface area contributed by atoms with Gasteiger partial charge in [0.1, 0.15) is 11.4 Å². The molecule has 0 atom stereocenters. The van der Waals surface area contributed by atoms with E-state index in [1.54, 1.807) is 6.08 Å². The van der Waals surface area contributed by atoms with E-state index in [-0.39, 0.29) is 5.41 Å². The van der Waals surface area contributed by atoms with Crippen molar-refractivity contribution in [2.24, 2.45) is 5.41 Å². The van der Waals surface area contributed by atoms with E-state index in [4.69, 9.17) is 4.42 Å². The van der Waals surface area contributed by atoms with Crippen molar-refractivity contribution in [3.05, 3.63) is 66.6 Å². The molecule has 0 fully saturated rings. The topological polar surface area (TPSA) is 38.9 Å². The minimum Gasteiger partial charge on any atom is -0.437 e. The number of nitrogens with zero attached hydrogens (tertiary/aromatic N) is 2. The van der Waals surface area contributed by atoms with E-state index in [9.17, 15) is 0 Å².